The smallest absolute Gasteiger partial charge is 0.387 e. The van der Waals surface area contributed by atoms with E-state index in [9.17, 15) is 8.78 Å². The quantitative estimate of drug-likeness (QED) is 0.877. The summed E-state index contributed by atoms with van der Waals surface area (Å²) in [7, 11) is 0. The first kappa shape index (κ1) is 14.5. The topological polar surface area (TPSA) is 60.2 Å². The van der Waals surface area contributed by atoms with Crippen molar-refractivity contribution in [1.82, 2.24) is 4.98 Å². The van der Waals surface area contributed by atoms with Crippen LogP contribution in [-0.4, -0.2) is 11.6 Å². The highest BCUT2D eigenvalue weighted by Crippen LogP contribution is 2.33. The predicted octanol–water partition coefficient (Wildman–Crippen LogP) is 4.08. The fraction of sp³-hybridized carbons (Fsp3) is 0.154. The molecule has 4 nitrogen and oxygen atoms in total. The number of benzene rings is 1. The number of halogens is 3. The molecule has 1 heterocycles. The van der Waals surface area contributed by atoms with E-state index in [-0.39, 0.29) is 5.75 Å². The van der Waals surface area contributed by atoms with Gasteiger partial charge in [0.05, 0.1) is 22.0 Å². The number of rotatable bonds is 4. The summed E-state index contributed by atoms with van der Waals surface area (Å²) in [5.74, 6) is 0.521. The molecule has 0 aliphatic heterocycles. The Balaban J connectivity index is 2.33. The Hall–Kier alpha value is -1.89. The van der Waals surface area contributed by atoms with Gasteiger partial charge in [-0.05, 0) is 40.5 Å². The highest BCUT2D eigenvalue weighted by molar-refractivity contribution is 9.10. The summed E-state index contributed by atoms with van der Waals surface area (Å²) in [5, 5.41) is 2.94. The fourth-order valence-electron chi connectivity index (χ4n) is 1.58. The molecule has 0 aliphatic rings. The molecule has 0 saturated carbocycles. The van der Waals surface area contributed by atoms with Crippen LogP contribution in [0, 0.1) is 6.92 Å². The summed E-state index contributed by atoms with van der Waals surface area (Å²) >= 11 is 3.37. The first-order chi connectivity index (χ1) is 9.49. The minimum atomic E-state index is -2.89. The summed E-state index contributed by atoms with van der Waals surface area (Å²) in [6.07, 6.45) is 1.50. The molecule has 3 N–H and O–H groups in total. The van der Waals surface area contributed by atoms with Crippen molar-refractivity contribution < 1.29 is 13.5 Å². The molecule has 106 valence electrons. The number of alkyl halides is 2. The van der Waals surface area contributed by atoms with E-state index in [1.165, 1.54) is 12.3 Å². The lowest BCUT2D eigenvalue weighted by molar-refractivity contribution is -0.0493. The standard InChI is InChI=1S/C13H12BrF2N3O/c1-7-8(17)6-18-12(11(7)14)19-9-4-2-3-5-10(9)20-13(15)16/h2-6,13H,17H2,1H3,(H,18,19). The summed E-state index contributed by atoms with van der Waals surface area (Å²) < 4.78 is 29.8. The van der Waals surface area contributed by atoms with Gasteiger partial charge in [0.1, 0.15) is 11.6 Å². The van der Waals surface area contributed by atoms with E-state index in [0.29, 0.717) is 21.7 Å². The molecule has 0 radical (unpaired) electrons. The zero-order valence-corrected chi connectivity index (χ0v) is 12.1. The lowest BCUT2D eigenvalue weighted by Gasteiger charge is -2.14. The number of hydrogen-bond acceptors (Lipinski definition) is 4. The molecule has 1 aromatic heterocycles. The van der Waals surface area contributed by atoms with Gasteiger partial charge in [-0.2, -0.15) is 8.78 Å². The lowest BCUT2D eigenvalue weighted by Crippen LogP contribution is -2.05. The Morgan fingerprint density at radius 3 is 2.75 bits per heavy atom. The number of aromatic nitrogens is 1. The summed E-state index contributed by atoms with van der Waals surface area (Å²) in [4.78, 5) is 4.13. The molecule has 0 amide bonds. The summed E-state index contributed by atoms with van der Waals surface area (Å²) in [5.41, 5.74) is 7.48. The number of hydrogen-bond donors (Lipinski definition) is 2. The lowest BCUT2D eigenvalue weighted by atomic mass is 10.2. The zero-order valence-electron chi connectivity index (χ0n) is 10.5. The molecule has 0 unspecified atom stereocenters. The minimum Gasteiger partial charge on any atom is -0.433 e. The van der Waals surface area contributed by atoms with Crippen molar-refractivity contribution in [2.75, 3.05) is 11.1 Å². The molecular formula is C13H12BrF2N3O. The van der Waals surface area contributed by atoms with Crippen molar-refractivity contribution >= 4 is 33.1 Å². The fourth-order valence-corrected chi connectivity index (χ4v) is 2.01. The Kier molecular flexibility index (Phi) is 4.39. The summed E-state index contributed by atoms with van der Waals surface area (Å²) in [6.45, 7) is -1.06. The van der Waals surface area contributed by atoms with Gasteiger partial charge >= 0.3 is 6.61 Å². The second kappa shape index (κ2) is 6.04. The molecular weight excluding hydrogens is 332 g/mol. The number of pyridine rings is 1. The van der Waals surface area contributed by atoms with Crippen molar-refractivity contribution in [2.45, 2.75) is 13.5 Å². The maximum atomic E-state index is 12.3. The second-order valence-corrected chi connectivity index (χ2v) is 4.79. The molecule has 2 rings (SSSR count). The summed E-state index contributed by atoms with van der Waals surface area (Å²) in [6, 6.07) is 6.39. The first-order valence-corrected chi connectivity index (χ1v) is 6.49. The first-order valence-electron chi connectivity index (χ1n) is 5.70. The third-order valence-corrected chi connectivity index (χ3v) is 3.63. The number of anilines is 3. The van der Waals surface area contributed by atoms with Gasteiger partial charge in [0.25, 0.3) is 0 Å². The van der Waals surface area contributed by atoms with E-state index < -0.39 is 6.61 Å². The van der Waals surface area contributed by atoms with Crippen LogP contribution in [0.1, 0.15) is 5.56 Å². The predicted molar refractivity (Wildman–Crippen MR) is 77.4 cm³/mol. The maximum Gasteiger partial charge on any atom is 0.387 e. The Bertz CT molecular complexity index is 623. The van der Waals surface area contributed by atoms with Crippen molar-refractivity contribution in [3.8, 4) is 5.75 Å². The van der Waals surface area contributed by atoms with Crippen LogP contribution in [0.15, 0.2) is 34.9 Å². The largest absolute Gasteiger partial charge is 0.433 e. The Labute approximate surface area is 123 Å². The van der Waals surface area contributed by atoms with Crippen LogP contribution >= 0.6 is 15.9 Å². The van der Waals surface area contributed by atoms with Crippen LogP contribution in [-0.2, 0) is 0 Å². The SMILES string of the molecule is Cc1c(N)cnc(Nc2ccccc2OC(F)F)c1Br. The number of para-hydroxylation sites is 2. The van der Waals surface area contributed by atoms with Gasteiger partial charge in [0.15, 0.2) is 0 Å². The number of nitrogens with one attached hydrogen (secondary N) is 1. The number of ether oxygens (including phenoxy) is 1. The van der Waals surface area contributed by atoms with E-state index in [0.717, 1.165) is 5.56 Å². The third kappa shape index (κ3) is 3.16. The van der Waals surface area contributed by atoms with E-state index >= 15 is 0 Å². The highest BCUT2D eigenvalue weighted by atomic mass is 79.9. The number of nitrogen functional groups attached to an aromatic ring is 1. The third-order valence-electron chi connectivity index (χ3n) is 2.66. The Morgan fingerprint density at radius 2 is 2.05 bits per heavy atom. The number of nitrogens with two attached hydrogens (primary N) is 1. The second-order valence-electron chi connectivity index (χ2n) is 4.00. The average molecular weight is 344 g/mol. The highest BCUT2D eigenvalue weighted by Gasteiger charge is 2.12. The van der Waals surface area contributed by atoms with Gasteiger partial charge in [0.2, 0.25) is 0 Å². The molecule has 0 aliphatic carbocycles. The van der Waals surface area contributed by atoms with Crippen LogP contribution in [0.2, 0.25) is 0 Å². The molecule has 20 heavy (non-hydrogen) atoms. The zero-order chi connectivity index (χ0) is 14.7. The van der Waals surface area contributed by atoms with Crippen LogP contribution in [0.25, 0.3) is 0 Å². The van der Waals surface area contributed by atoms with Crippen LogP contribution < -0.4 is 15.8 Å². The molecule has 0 spiro atoms. The van der Waals surface area contributed by atoms with Crippen LogP contribution in [0.4, 0.5) is 26.0 Å². The average Bonchev–Trinajstić information content (AvgIpc) is 2.41. The van der Waals surface area contributed by atoms with Crippen molar-refractivity contribution in [2.24, 2.45) is 0 Å². The van der Waals surface area contributed by atoms with E-state index in [1.54, 1.807) is 18.2 Å². The van der Waals surface area contributed by atoms with Crippen molar-refractivity contribution in [3.05, 3.63) is 40.5 Å². The molecule has 1 aromatic carbocycles. The van der Waals surface area contributed by atoms with E-state index in [4.69, 9.17) is 5.73 Å². The van der Waals surface area contributed by atoms with Crippen molar-refractivity contribution in [1.29, 1.82) is 0 Å². The van der Waals surface area contributed by atoms with Gasteiger partial charge in [0, 0.05) is 0 Å². The monoisotopic (exact) mass is 343 g/mol. The van der Waals surface area contributed by atoms with Gasteiger partial charge < -0.3 is 15.8 Å². The minimum absolute atomic E-state index is 0.0469. The molecule has 0 saturated heterocycles. The molecule has 0 fully saturated rings. The van der Waals surface area contributed by atoms with Crippen LogP contribution in [0.5, 0.6) is 5.75 Å². The normalized spacial score (nSPS) is 10.7. The van der Waals surface area contributed by atoms with Gasteiger partial charge in [-0.1, -0.05) is 12.1 Å². The van der Waals surface area contributed by atoms with Crippen LogP contribution in [0.3, 0.4) is 0 Å². The van der Waals surface area contributed by atoms with E-state index in [2.05, 4.69) is 31.0 Å². The van der Waals surface area contributed by atoms with E-state index in [1.807, 2.05) is 6.92 Å². The molecule has 2 aromatic rings. The van der Waals surface area contributed by atoms with Gasteiger partial charge in [-0.3, -0.25) is 0 Å². The Morgan fingerprint density at radius 1 is 1.35 bits per heavy atom. The molecule has 0 atom stereocenters. The van der Waals surface area contributed by atoms with Gasteiger partial charge in [-0.15, -0.1) is 0 Å². The van der Waals surface area contributed by atoms with Gasteiger partial charge in [-0.25, -0.2) is 4.98 Å². The molecule has 7 heteroatoms. The number of nitrogens with zero attached hydrogens (tertiary/aromatic N) is 1. The maximum absolute atomic E-state index is 12.3. The van der Waals surface area contributed by atoms with Crippen molar-refractivity contribution in [3.63, 3.8) is 0 Å². The molecule has 0 bridgehead atoms.